The molecule has 2 amide bonds. The van der Waals surface area contributed by atoms with E-state index in [4.69, 9.17) is 5.26 Å². The van der Waals surface area contributed by atoms with Crippen molar-refractivity contribution in [3.8, 4) is 5.40 Å². The number of hydrogen-bond donors (Lipinski definition) is 2. The lowest BCUT2D eigenvalue weighted by Gasteiger charge is -2.20. The van der Waals surface area contributed by atoms with E-state index in [1.54, 1.807) is 24.3 Å². The van der Waals surface area contributed by atoms with E-state index in [2.05, 4.69) is 20.5 Å². The molecular weight excluding hydrogens is 358 g/mol. The summed E-state index contributed by atoms with van der Waals surface area (Å²) >= 11 is 2.43. The number of anilines is 2. The molecule has 1 aromatic carbocycles. The van der Waals surface area contributed by atoms with E-state index in [-0.39, 0.29) is 0 Å². The van der Waals surface area contributed by atoms with Crippen LogP contribution < -0.4 is 10.6 Å². The Morgan fingerprint density at radius 1 is 1.28 bits per heavy atom. The number of rotatable bonds is 3. The summed E-state index contributed by atoms with van der Waals surface area (Å²) < 4.78 is 0. The number of aromatic nitrogens is 1. The van der Waals surface area contributed by atoms with Crippen LogP contribution in [0, 0.1) is 10.7 Å². The van der Waals surface area contributed by atoms with Gasteiger partial charge in [0.25, 0.3) is 0 Å². The van der Waals surface area contributed by atoms with Gasteiger partial charge in [-0.15, -0.1) is 11.3 Å². The molecule has 25 heavy (non-hydrogen) atoms. The lowest BCUT2D eigenvalue weighted by atomic mass is 10.2. The number of fused-ring (bicyclic) bond motifs is 1. The van der Waals surface area contributed by atoms with Crippen LogP contribution in [0.25, 0.3) is 0 Å². The molecular formula is C16H15N5O2S2. The van der Waals surface area contributed by atoms with Gasteiger partial charge in [0, 0.05) is 35.0 Å². The number of nitriles is 1. The summed E-state index contributed by atoms with van der Waals surface area (Å²) in [6.07, 6.45) is 0.845. The van der Waals surface area contributed by atoms with Gasteiger partial charge in [0.15, 0.2) is 5.13 Å². The monoisotopic (exact) mass is 373 g/mol. The van der Waals surface area contributed by atoms with Crippen LogP contribution in [0.1, 0.15) is 10.6 Å². The van der Waals surface area contributed by atoms with Gasteiger partial charge in [-0.3, -0.25) is 14.9 Å². The highest BCUT2D eigenvalue weighted by atomic mass is 32.2. The maximum Gasteiger partial charge on any atom is 0.315 e. The third-order valence-corrected chi connectivity index (χ3v) is 5.22. The van der Waals surface area contributed by atoms with Crippen LogP contribution in [0.2, 0.25) is 0 Å². The number of likely N-dealkylation sites (N-methyl/N-ethyl adjacent to an activating group) is 1. The van der Waals surface area contributed by atoms with E-state index < -0.39 is 11.8 Å². The molecule has 1 aromatic heterocycles. The Bertz CT molecular complexity index is 841. The topological polar surface area (TPSA) is 98.1 Å². The Hall–Kier alpha value is -2.41. The van der Waals surface area contributed by atoms with Gasteiger partial charge in [0.05, 0.1) is 5.69 Å². The van der Waals surface area contributed by atoms with Crippen LogP contribution in [0.5, 0.6) is 0 Å². The van der Waals surface area contributed by atoms with Gasteiger partial charge in [-0.1, -0.05) is 0 Å². The van der Waals surface area contributed by atoms with Crippen molar-refractivity contribution in [1.82, 2.24) is 9.88 Å². The molecule has 0 spiro atoms. The fraction of sp³-hybridized carbons (Fsp3) is 0.250. The molecule has 0 saturated heterocycles. The van der Waals surface area contributed by atoms with Crippen molar-refractivity contribution < 1.29 is 9.59 Å². The molecule has 7 nitrogen and oxygen atoms in total. The maximum absolute atomic E-state index is 12.0. The SMILES string of the molecule is CN1CCc2nc(NC(=O)C(=O)Nc3ccc(SC#N)cc3)sc2C1. The van der Waals surface area contributed by atoms with Crippen LogP contribution in [-0.4, -0.2) is 35.3 Å². The molecule has 2 heterocycles. The molecule has 2 N–H and O–H groups in total. The zero-order valence-electron chi connectivity index (χ0n) is 13.4. The smallest absolute Gasteiger partial charge is 0.315 e. The Morgan fingerprint density at radius 3 is 2.72 bits per heavy atom. The Labute approximate surface area is 153 Å². The lowest BCUT2D eigenvalue weighted by molar-refractivity contribution is -0.132. The first kappa shape index (κ1) is 17.4. The zero-order chi connectivity index (χ0) is 17.8. The summed E-state index contributed by atoms with van der Waals surface area (Å²) in [4.78, 5) is 32.5. The van der Waals surface area contributed by atoms with Gasteiger partial charge in [0.1, 0.15) is 5.40 Å². The Balaban J connectivity index is 1.59. The largest absolute Gasteiger partial charge is 0.318 e. The molecule has 0 saturated carbocycles. The second kappa shape index (κ2) is 7.65. The lowest BCUT2D eigenvalue weighted by Crippen LogP contribution is -2.29. The summed E-state index contributed by atoms with van der Waals surface area (Å²) in [6, 6.07) is 6.69. The molecule has 1 aliphatic heterocycles. The van der Waals surface area contributed by atoms with E-state index in [0.717, 1.165) is 46.7 Å². The average molecular weight is 373 g/mol. The van der Waals surface area contributed by atoms with Crippen LogP contribution in [-0.2, 0) is 22.6 Å². The highest BCUT2D eigenvalue weighted by Crippen LogP contribution is 2.27. The average Bonchev–Trinajstić information content (AvgIpc) is 2.98. The number of hydrogen-bond acceptors (Lipinski definition) is 7. The fourth-order valence-corrected chi connectivity index (χ4v) is 3.84. The molecule has 0 atom stereocenters. The van der Waals surface area contributed by atoms with Crippen LogP contribution in [0.4, 0.5) is 10.8 Å². The number of nitrogens with zero attached hydrogens (tertiary/aromatic N) is 3. The zero-order valence-corrected chi connectivity index (χ0v) is 15.0. The molecule has 0 fully saturated rings. The number of benzene rings is 1. The van der Waals surface area contributed by atoms with Crippen molar-refractivity contribution in [2.45, 2.75) is 17.9 Å². The number of carbonyl (C=O) groups excluding carboxylic acids is 2. The van der Waals surface area contributed by atoms with Crippen molar-refractivity contribution in [1.29, 1.82) is 5.26 Å². The van der Waals surface area contributed by atoms with Crippen molar-refractivity contribution in [2.75, 3.05) is 24.2 Å². The molecule has 1 aliphatic rings. The molecule has 0 radical (unpaired) electrons. The van der Waals surface area contributed by atoms with Crippen LogP contribution in [0.15, 0.2) is 29.2 Å². The Morgan fingerprint density at radius 2 is 2.00 bits per heavy atom. The predicted octanol–water partition coefficient (Wildman–Crippen LogP) is 2.28. The minimum Gasteiger partial charge on any atom is -0.318 e. The van der Waals surface area contributed by atoms with Crippen LogP contribution >= 0.6 is 23.1 Å². The molecule has 2 aromatic rings. The first-order valence-electron chi connectivity index (χ1n) is 7.50. The standard InChI is InChI=1S/C16H15N5O2S2/c1-21-7-6-12-13(8-21)25-16(19-12)20-15(23)14(22)18-10-2-4-11(5-3-10)24-9-17/h2-5H,6-8H2,1H3,(H,18,22)(H,19,20,23). The summed E-state index contributed by atoms with van der Waals surface area (Å²) in [6.45, 7) is 1.74. The minimum atomic E-state index is -0.758. The number of thiocyanates is 1. The number of nitrogens with one attached hydrogen (secondary N) is 2. The van der Waals surface area contributed by atoms with E-state index in [0.29, 0.717) is 10.8 Å². The van der Waals surface area contributed by atoms with Crippen molar-refractivity contribution in [3.05, 3.63) is 34.8 Å². The van der Waals surface area contributed by atoms with E-state index in [1.807, 2.05) is 12.4 Å². The molecule has 0 unspecified atom stereocenters. The number of amides is 2. The third-order valence-electron chi connectivity index (χ3n) is 3.62. The first-order valence-corrected chi connectivity index (χ1v) is 9.14. The van der Waals surface area contributed by atoms with Gasteiger partial charge in [-0.25, -0.2) is 4.98 Å². The Kier molecular flexibility index (Phi) is 5.33. The quantitative estimate of drug-likeness (QED) is 0.487. The highest BCUT2D eigenvalue weighted by molar-refractivity contribution is 8.03. The first-order chi connectivity index (χ1) is 12.0. The summed E-state index contributed by atoms with van der Waals surface area (Å²) in [5, 5.41) is 16.1. The molecule has 9 heteroatoms. The van der Waals surface area contributed by atoms with E-state index in [9.17, 15) is 9.59 Å². The van der Waals surface area contributed by atoms with Gasteiger partial charge in [0.2, 0.25) is 0 Å². The molecule has 128 valence electrons. The van der Waals surface area contributed by atoms with Crippen molar-refractivity contribution in [2.24, 2.45) is 0 Å². The van der Waals surface area contributed by atoms with Crippen molar-refractivity contribution >= 4 is 45.7 Å². The second-order valence-electron chi connectivity index (χ2n) is 5.50. The summed E-state index contributed by atoms with van der Waals surface area (Å²) in [7, 11) is 2.04. The summed E-state index contributed by atoms with van der Waals surface area (Å²) in [5.74, 6) is -1.51. The van der Waals surface area contributed by atoms with Gasteiger partial charge < -0.3 is 10.2 Å². The van der Waals surface area contributed by atoms with Gasteiger partial charge in [-0.2, -0.15) is 5.26 Å². The normalized spacial score (nSPS) is 13.6. The van der Waals surface area contributed by atoms with Gasteiger partial charge >= 0.3 is 11.8 Å². The molecule has 0 bridgehead atoms. The van der Waals surface area contributed by atoms with E-state index >= 15 is 0 Å². The number of thiazole rings is 1. The molecule has 3 rings (SSSR count). The van der Waals surface area contributed by atoms with E-state index in [1.165, 1.54) is 11.3 Å². The van der Waals surface area contributed by atoms with Crippen molar-refractivity contribution in [3.63, 3.8) is 0 Å². The summed E-state index contributed by atoms with van der Waals surface area (Å²) in [5.41, 5.74) is 1.48. The highest BCUT2D eigenvalue weighted by Gasteiger charge is 2.21. The minimum absolute atomic E-state index is 0.446. The second-order valence-corrected chi connectivity index (χ2v) is 7.44. The van der Waals surface area contributed by atoms with Crippen LogP contribution in [0.3, 0.4) is 0 Å². The molecule has 0 aliphatic carbocycles. The number of carbonyl (C=O) groups is 2. The fourth-order valence-electron chi connectivity index (χ4n) is 2.38. The maximum atomic E-state index is 12.0. The predicted molar refractivity (Wildman–Crippen MR) is 97.3 cm³/mol. The third kappa shape index (κ3) is 4.36. The van der Waals surface area contributed by atoms with Gasteiger partial charge in [-0.05, 0) is 43.1 Å². The number of thioether (sulfide) groups is 1.